The molecule has 0 heterocycles. The third-order valence-electron chi connectivity index (χ3n) is 3.21. The van der Waals surface area contributed by atoms with Gasteiger partial charge in [-0.25, -0.2) is 13.1 Å². The minimum Gasteiger partial charge on any atom is -0.258 e. The number of rotatable bonds is 7. The van der Waals surface area contributed by atoms with Gasteiger partial charge in [0.1, 0.15) is 0 Å². The van der Waals surface area contributed by atoms with Crippen molar-refractivity contribution in [3.63, 3.8) is 0 Å². The molecule has 0 saturated carbocycles. The number of nitro groups is 1. The maximum atomic E-state index is 12.1. The first-order valence-electron chi connectivity index (χ1n) is 6.87. The number of sulfonamides is 1. The minimum absolute atomic E-state index is 0.00888. The molecular formula is C15H15ClN2O4S. The molecule has 8 heteroatoms. The molecule has 0 saturated heterocycles. The van der Waals surface area contributed by atoms with Crippen molar-refractivity contribution in [3.8, 4) is 0 Å². The van der Waals surface area contributed by atoms with Crippen molar-refractivity contribution in [3.05, 3.63) is 69.2 Å². The highest BCUT2D eigenvalue weighted by Crippen LogP contribution is 2.16. The van der Waals surface area contributed by atoms with Crippen molar-refractivity contribution < 1.29 is 13.3 Å². The van der Waals surface area contributed by atoms with E-state index in [-0.39, 0.29) is 17.1 Å². The van der Waals surface area contributed by atoms with Gasteiger partial charge in [-0.2, -0.15) is 0 Å². The highest BCUT2D eigenvalue weighted by molar-refractivity contribution is 7.89. The van der Waals surface area contributed by atoms with Crippen LogP contribution < -0.4 is 4.72 Å². The molecule has 0 atom stereocenters. The molecule has 1 N–H and O–H groups in total. The average molecular weight is 355 g/mol. The fourth-order valence-corrected chi connectivity index (χ4v) is 3.18. The van der Waals surface area contributed by atoms with Gasteiger partial charge in [0.25, 0.3) is 5.69 Å². The maximum absolute atomic E-state index is 12.1. The molecule has 2 aromatic carbocycles. The maximum Gasteiger partial charge on any atom is 0.269 e. The van der Waals surface area contributed by atoms with E-state index in [1.165, 1.54) is 24.3 Å². The summed E-state index contributed by atoms with van der Waals surface area (Å²) in [7, 11) is -3.66. The van der Waals surface area contributed by atoms with Crippen molar-refractivity contribution in [2.75, 3.05) is 6.54 Å². The zero-order valence-corrected chi connectivity index (χ0v) is 13.7. The van der Waals surface area contributed by atoms with Gasteiger partial charge in [-0.15, -0.1) is 0 Å². The second kappa shape index (κ2) is 7.54. The van der Waals surface area contributed by atoms with E-state index in [0.29, 0.717) is 11.4 Å². The molecule has 0 aliphatic rings. The van der Waals surface area contributed by atoms with Gasteiger partial charge in [0.05, 0.1) is 9.82 Å². The van der Waals surface area contributed by atoms with E-state index in [1.807, 2.05) is 12.1 Å². The minimum atomic E-state index is -3.66. The Labute approximate surface area is 139 Å². The Bertz CT molecular complexity index is 774. The summed E-state index contributed by atoms with van der Waals surface area (Å²) in [6.07, 6.45) is 1.35. The predicted molar refractivity (Wildman–Crippen MR) is 88.1 cm³/mol. The Morgan fingerprint density at radius 3 is 2.22 bits per heavy atom. The molecular weight excluding hydrogens is 340 g/mol. The monoisotopic (exact) mass is 354 g/mol. The summed E-state index contributed by atoms with van der Waals surface area (Å²) in [6, 6.07) is 12.2. The van der Waals surface area contributed by atoms with Crippen LogP contribution in [-0.2, 0) is 16.4 Å². The van der Waals surface area contributed by atoms with E-state index in [2.05, 4.69) is 4.72 Å². The summed E-state index contributed by atoms with van der Waals surface area (Å²) in [6.45, 7) is 0.280. The summed E-state index contributed by atoms with van der Waals surface area (Å²) in [4.78, 5) is 10.00. The number of hydrogen-bond donors (Lipinski definition) is 1. The van der Waals surface area contributed by atoms with Crippen LogP contribution in [0.15, 0.2) is 53.4 Å². The van der Waals surface area contributed by atoms with E-state index in [4.69, 9.17) is 11.6 Å². The van der Waals surface area contributed by atoms with E-state index >= 15 is 0 Å². The van der Waals surface area contributed by atoms with Crippen LogP contribution in [0.5, 0.6) is 0 Å². The Morgan fingerprint density at radius 1 is 1.04 bits per heavy atom. The first kappa shape index (κ1) is 17.4. The summed E-state index contributed by atoms with van der Waals surface area (Å²) in [5.74, 6) is 0. The van der Waals surface area contributed by atoms with Crippen molar-refractivity contribution in [1.82, 2.24) is 4.72 Å². The Kier molecular flexibility index (Phi) is 5.70. The third-order valence-corrected chi connectivity index (χ3v) is 4.93. The lowest BCUT2D eigenvalue weighted by Gasteiger charge is -2.07. The predicted octanol–water partition coefficient (Wildman–Crippen LogP) is 3.16. The van der Waals surface area contributed by atoms with Crippen LogP contribution in [0.3, 0.4) is 0 Å². The number of benzene rings is 2. The van der Waals surface area contributed by atoms with Crippen LogP contribution in [0.2, 0.25) is 5.02 Å². The quantitative estimate of drug-likeness (QED) is 0.470. The normalized spacial score (nSPS) is 11.3. The molecule has 0 bridgehead atoms. The summed E-state index contributed by atoms with van der Waals surface area (Å²) in [5.41, 5.74) is 0.927. The Hall–Kier alpha value is -1.96. The van der Waals surface area contributed by atoms with Crippen LogP contribution in [0.1, 0.15) is 12.0 Å². The van der Waals surface area contributed by atoms with Crippen LogP contribution in [-0.4, -0.2) is 19.9 Å². The highest BCUT2D eigenvalue weighted by Gasteiger charge is 2.15. The van der Waals surface area contributed by atoms with E-state index in [9.17, 15) is 18.5 Å². The third kappa shape index (κ3) is 5.02. The molecule has 0 radical (unpaired) electrons. The van der Waals surface area contributed by atoms with Crippen molar-refractivity contribution in [2.45, 2.75) is 17.7 Å². The average Bonchev–Trinajstić information content (AvgIpc) is 2.53. The van der Waals surface area contributed by atoms with Gasteiger partial charge in [0.2, 0.25) is 10.0 Å². The molecule has 0 aliphatic carbocycles. The number of halogens is 1. The molecule has 0 spiro atoms. The molecule has 0 aromatic heterocycles. The smallest absolute Gasteiger partial charge is 0.258 e. The van der Waals surface area contributed by atoms with Gasteiger partial charge in [-0.05, 0) is 42.7 Å². The number of hydrogen-bond acceptors (Lipinski definition) is 4. The largest absolute Gasteiger partial charge is 0.269 e. The van der Waals surface area contributed by atoms with Gasteiger partial charge in [-0.1, -0.05) is 23.7 Å². The highest BCUT2D eigenvalue weighted by atomic mass is 35.5. The number of nitrogens with zero attached hydrogens (tertiary/aromatic N) is 1. The fourth-order valence-electron chi connectivity index (χ4n) is 1.98. The van der Waals surface area contributed by atoms with Crippen LogP contribution in [0.4, 0.5) is 5.69 Å². The van der Waals surface area contributed by atoms with Gasteiger partial charge >= 0.3 is 0 Å². The zero-order chi connectivity index (χ0) is 16.9. The summed E-state index contributed by atoms with van der Waals surface area (Å²) < 4.78 is 26.6. The first-order chi connectivity index (χ1) is 10.9. The number of aryl methyl sites for hydroxylation is 1. The van der Waals surface area contributed by atoms with Crippen LogP contribution >= 0.6 is 11.6 Å². The lowest BCUT2D eigenvalue weighted by Crippen LogP contribution is -2.25. The molecule has 2 aromatic rings. The molecule has 0 fully saturated rings. The van der Waals surface area contributed by atoms with Crippen LogP contribution in [0, 0.1) is 10.1 Å². The van der Waals surface area contributed by atoms with E-state index in [1.54, 1.807) is 12.1 Å². The molecule has 0 unspecified atom stereocenters. The van der Waals surface area contributed by atoms with E-state index in [0.717, 1.165) is 12.0 Å². The van der Waals surface area contributed by atoms with Crippen molar-refractivity contribution >= 4 is 27.3 Å². The van der Waals surface area contributed by atoms with Gasteiger partial charge in [0.15, 0.2) is 0 Å². The molecule has 122 valence electrons. The summed E-state index contributed by atoms with van der Waals surface area (Å²) in [5, 5.41) is 11.2. The lowest BCUT2D eigenvalue weighted by molar-refractivity contribution is -0.384. The second-order valence-electron chi connectivity index (χ2n) is 4.88. The molecule has 23 heavy (non-hydrogen) atoms. The number of nitro benzene ring substituents is 1. The van der Waals surface area contributed by atoms with Crippen LogP contribution in [0.25, 0.3) is 0 Å². The van der Waals surface area contributed by atoms with Crippen molar-refractivity contribution in [1.29, 1.82) is 0 Å². The summed E-state index contributed by atoms with van der Waals surface area (Å²) >= 11 is 5.80. The number of non-ortho nitro benzene ring substituents is 1. The molecule has 0 amide bonds. The lowest BCUT2D eigenvalue weighted by atomic mass is 10.1. The van der Waals surface area contributed by atoms with Gasteiger partial charge < -0.3 is 0 Å². The van der Waals surface area contributed by atoms with Crippen molar-refractivity contribution in [2.24, 2.45) is 0 Å². The topological polar surface area (TPSA) is 89.3 Å². The Morgan fingerprint density at radius 2 is 1.65 bits per heavy atom. The SMILES string of the molecule is O=[N+]([O-])c1ccc(S(=O)(=O)NCCCc2ccc(Cl)cc2)cc1. The Balaban J connectivity index is 1.88. The first-order valence-corrected chi connectivity index (χ1v) is 8.73. The second-order valence-corrected chi connectivity index (χ2v) is 7.08. The standard InChI is InChI=1S/C15H15ClN2O4S/c16-13-5-3-12(4-6-13)2-1-11-17-23(21,22)15-9-7-14(8-10-15)18(19)20/h3-10,17H,1-2,11H2. The number of nitrogens with one attached hydrogen (secondary N) is 1. The van der Waals surface area contributed by atoms with Gasteiger partial charge in [0, 0.05) is 23.7 Å². The molecule has 2 rings (SSSR count). The van der Waals surface area contributed by atoms with Gasteiger partial charge in [-0.3, -0.25) is 10.1 Å². The molecule has 6 nitrogen and oxygen atoms in total. The zero-order valence-electron chi connectivity index (χ0n) is 12.1. The molecule has 0 aliphatic heterocycles. The fraction of sp³-hybridized carbons (Fsp3) is 0.200. The van der Waals surface area contributed by atoms with E-state index < -0.39 is 14.9 Å².